The van der Waals surface area contributed by atoms with Crippen molar-refractivity contribution in [1.82, 2.24) is 4.57 Å². The van der Waals surface area contributed by atoms with Gasteiger partial charge in [-0.3, -0.25) is 9.59 Å². The van der Waals surface area contributed by atoms with E-state index in [-0.39, 0.29) is 12.0 Å². The number of carboxylic acid groups (broad SMARTS) is 1. The van der Waals surface area contributed by atoms with Crippen molar-refractivity contribution in [2.75, 3.05) is 0 Å². The third kappa shape index (κ3) is 4.13. The van der Waals surface area contributed by atoms with Gasteiger partial charge in [0.05, 0.1) is 0 Å². The number of allylic oxidation sites excluding steroid dienone is 2. The fourth-order valence-corrected chi connectivity index (χ4v) is 1.27. The minimum Gasteiger partial charge on any atom is -0.481 e. The van der Waals surface area contributed by atoms with Crippen LogP contribution in [0, 0.1) is 0 Å². The second-order valence-electron chi connectivity index (χ2n) is 3.64. The standard InChI is InChI=1S/C12H15NO3/c1-10(5-6-12(15)16)7-9-13-8-3-2-4-11(13)14/h2-4,7-8H,5-6,9H2,1H3,(H,15,16)/b10-7-. The van der Waals surface area contributed by atoms with Crippen LogP contribution in [0.5, 0.6) is 0 Å². The number of hydrogen-bond acceptors (Lipinski definition) is 2. The van der Waals surface area contributed by atoms with Gasteiger partial charge in [0, 0.05) is 25.2 Å². The average molecular weight is 221 g/mol. The molecule has 1 heterocycles. The van der Waals surface area contributed by atoms with Crippen molar-refractivity contribution in [3.8, 4) is 0 Å². The van der Waals surface area contributed by atoms with E-state index >= 15 is 0 Å². The van der Waals surface area contributed by atoms with Crippen LogP contribution < -0.4 is 5.56 Å². The number of aliphatic carboxylic acids is 1. The van der Waals surface area contributed by atoms with E-state index in [2.05, 4.69) is 0 Å². The highest BCUT2D eigenvalue weighted by Gasteiger charge is 1.97. The molecule has 1 aromatic heterocycles. The molecular formula is C12H15NO3. The van der Waals surface area contributed by atoms with E-state index in [0.717, 1.165) is 5.57 Å². The smallest absolute Gasteiger partial charge is 0.303 e. The van der Waals surface area contributed by atoms with E-state index in [0.29, 0.717) is 13.0 Å². The maximum absolute atomic E-state index is 11.3. The summed E-state index contributed by atoms with van der Waals surface area (Å²) >= 11 is 0. The van der Waals surface area contributed by atoms with Crippen LogP contribution in [0.25, 0.3) is 0 Å². The molecular weight excluding hydrogens is 206 g/mol. The molecule has 86 valence electrons. The monoisotopic (exact) mass is 221 g/mol. The zero-order valence-electron chi connectivity index (χ0n) is 9.22. The first kappa shape index (κ1) is 12.2. The van der Waals surface area contributed by atoms with Crippen molar-refractivity contribution in [2.45, 2.75) is 26.3 Å². The molecule has 1 aromatic rings. The van der Waals surface area contributed by atoms with Gasteiger partial charge in [0.25, 0.3) is 5.56 Å². The first-order valence-corrected chi connectivity index (χ1v) is 5.12. The molecule has 0 aliphatic heterocycles. The molecule has 0 amide bonds. The van der Waals surface area contributed by atoms with Gasteiger partial charge >= 0.3 is 5.97 Å². The fourth-order valence-electron chi connectivity index (χ4n) is 1.27. The van der Waals surface area contributed by atoms with Gasteiger partial charge in [0.2, 0.25) is 0 Å². The zero-order chi connectivity index (χ0) is 12.0. The van der Waals surface area contributed by atoms with Crippen molar-refractivity contribution in [3.05, 3.63) is 46.4 Å². The summed E-state index contributed by atoms with van der Waals surface area (Å²) < 4.78 is 1.57. The van der Waals surface area contributed by atoms with Crippen molar-refractivity contribution in [2.24, 2.45) is 0 Å². The van der Waals surface area contributed by atoms with E-state index in [4.69, 9.17) is 5.11 Å². The summed E-state index contributed by atoms with van der Waals surface area (Å²) in [7, 11) is 0. The maximum Gasteiger partial charge on any atom is 0.303 e. The lowest BCUT2D eigenvalue weighted by atomic mass is 10.1. The Kier molecular flexibility index (Phi) is 4.51. The number of hydrogen-bond donors (Lipinski definition) is 1. The summed E-state index contributed by atoms with van der Waals surface area (Å²) in [6.45, 7) is 2.36. The van der Waals surface area contributed by atoms with E-state index in [1.54, 1.807) is 22.9 Å². The molecule has 0 radical (unpaired) electrons. The second-order valence-corrected chi connectivity index (χ2v) is 3.64. The lowest BCUT2D eigenvalue weighted by Crippen LogP contribution is -2.16. The Morgan fingerprint density at radius 1 is 1.44 bits per heavy atom. The molecule has 0 unspecified atom stereocenters. The molecule has 16 heavy (non-hydrogen) atoms. The first-order chi connectivity index (χ1) is 7.59. The molecule has 0 bridgehead atoms. The Hall–Kier alpha value is -1.84. The molecule has 0 saturated carbocycles. The minimum atomic E-state index is -0.801. The summed E-state index contributed by atoms with van der Waals surface area (Å²) in [5.41, 5.74) is 0.933. The lowest BCUT2D eigenvalue weighted by Gasteiger charge is -2.02. The normalized spacial score (nSPS) is 11.4. The second kappa shape index (κ2) is 5.90. The quantitative estimate of drug-likeness (QED) is 0.769. The van der Waals surface area contributed by atoms with Gasteiger partial charge in [-0.15, -0.1) is 0 Å². The van der Waals surface area contributed by atoms with E-state index in [9.17, 15) is 9.59 Å². The van der Waals surface area contributed by atoms with Crippen LogP contribution in [0.15, 0.2) is 40.8 Å². The van der Waals surface area contributed by atoms with E-state index < -0.39 is 5.97 Å². The van der Waals surface area contributed by atoms with Crippen molar-refractivity contribution < 1.29 is 9.90 Å². The number of carbonyl (C=O) groups is 1. The predicted molar refractivity (Wildman–Crippen MR) is 61.3 cm³/mol. The highest BCUT2D eigenvalue weighted by molar-refractivity contribution is 5.66. The van der Waals surface area contributed by atoms with Crippen LogP contribution in [0.4, 0.5) is 0 Å². The Balaban J connectivity index is 2.56. The largest absolute Gasteiger partial charge is 0.481 e. The first-order valence-electron chi connectivity index (χ1n) is 5.12. The van der Waals surface area contributed by atoms with Crippen LogP contribution in [0.2, 0.25) is 0 Å². The lowest BCUT2D eigenvalue weighted by molar-refractivity contribution is -0.136. The molecule has 0 fully saturated rings. The molecule has 4 heteroatoms. The highest BCUT2D eigenvalue weighted by Crippen LogP contribution is 2.03. The predicted octanol–water partition coefficient (Wildman–Crippen LogP) is 1.66. The number of nitrogens with zero attached hydrogens (tertiary/aromatic N) is 1. The van der Waals surface area contributed by atoms with Gasteiger partial charge in [-0.1, -0.05) is 17.7 Å². The molecule has 1 rings (SSSR count). The summed E-state index contributed by atoms with van der Waals surface area (Å²) in [6, 6.07) is 4.99. The molecule has 0 spiro atoms. The number of aromatic nitrogens is 1. The molecule has 0 aliphatic carbocycles. The minimum absolute atomic E-state index is 0.0511. The maximum atomic E-state index is 11.3. The van der Waals surface area contributed by atoms with Crippen LogP contribution in [0.3, 0.4) is 0 Å². The van der Waals surface area contributed by atoms with Crippen LogP contribution >= 0.6 is 0 Å². The molecule has 1 N–H and O–H groups in total. The topological polar surface area (TPSA) is 59.3 Å². The zero-order valence-corrected chi connectivity index (χ0v) is 9.22. The summed E-state index contributed by atoms with van der Waals surface area (Å²) in [4.78, 5) is 21.7. The van der Waals surface area contributed by atoms with Crippen molar-refractivity contribution >= 4 is 5.97 Å². The van der Waals surface area contributed by atoms with Crippen molar-refractivity contribution in [3.63, 3.8) is 0 Å². The molecule has 0 aliphatic rings. The van der Waals surface area contributed by atoms with Crippen LogP contribution in [-0.2, 0) is 11.3 Å². The fraction of sp³-hybridized carbons (Fsp3) is 0.333. The Bertz CT molecular complexity index is 446. The van der Waals surface area contributed by atoms with Crippen molar-refractivity contribution in [1.29, 1.82) is 0 Å². The summed E-state index contributed by atoms with van der Waals surface area (Å²) in [5, 5.41) is 8.51. The summed E-state index contributed by atoms with van der Waals surface area (Å²) in [5.74, 6) is -0.801. The van der Waals surface area contributed by atoms with Gasteiger partial charge in [-0.25, -0.2) is 0 Å². The van der Waals surface area contributed by atoms with E-state index in [1.165, 1.54) is 6.07 Å². The van der Waals surface area contributed by atoms with Gasteiger partial charge in [-0.05, 0) is 19.4 Å². The van der Waals surface area contributed by atoms with Gasteiger partial charge in [-0.2, -0.15) is 0 Å². The van der Waals surface area contributed by atoms with Crippen LogP contribution in [-0.4, -0.2) is 15.6 Å². The Labute approximate surface area is 93.8 Å². The van der Waals surface area contributed by atoms with Crippen LogP contribution in [0.1, 0.15) is 19.8 Å². The number of rotatable bonds is 5. The SMILES string of the molecule is C/C(=C/Cn1ccccc1=O)CCC(=O)O. The highest BCUT2D eigenvalue weighted by atomic mass is 16.4. The average Bonchev–Trinajstić information content (AvgIpc) is 2.25. The Morgan fingerprint density at radius 3 is 2.81 bits per heavy atom. The van der Waals surface area contributed by atoms with Gasteiger partial charge < -0.3 is 9.67 Å². The molecule has 0 saturated heterocycles. The summed E-state index contributed by atoms with van der Waals surface area (Å²) in [6.07, 6.45) is 4.25. The molecule has 0 atom stereocenters. The molecule has 0 aromatic carbocycles. The third-order valence-electron chi connectivity index (χ3n) is 2.27. The Morgan fingerprint density at radius 2 is 2.19 bits per heavy atom. The van der Waals surface area contributed by atoms with Gasteiger partial charge in [0.1, 0.15) is 0 Å². The number of carboxylic acids is 1. The van der Waals surface area contributed by atoms with Gasteiger partial charge in [0.15, 0.2) is 0 Å². The third-order valence-corrected chi connectivity index (χ3v) is 2.27. The number of pyridine rings is 1. The molecule has 4 nitrogen and oxygen atoms in total. The van der Waals surface area contributed by atoms with E-state index in [1.807, 2.05) is 13.0 Å².